The number of aryl methyl sites for hydroxylation is 1. The highest BCUT2D eigenvalue weighted by molar-refractivity contribution is 9.10. The molecule has 0 bridgehead atoms. The number of rotatable bonds is 9. The van der Waals surface area contributed by atoms with Crippen LogP contribution in [0.3, 0.4) is 0 Å². The molecule has 2 aromatic heterocycles. The second kappa shape index (κ2) is 12.6. The van der Waals surface area contributed by atoms with E-state index in [4.69, 9.17) is 9.72 Å². The third-order valence-corrected chi connectivity index (χ3v) is 9.99. The van der Waals surface area contributed by atoms with E-state index in [0.29, 0.717) is 28.0 Å². The molecular formula is C31H39BrN7O2P. The molecule has 5 rings (SSSR count). The van der Waals surface area contributed by atoms with E-state index in [1.807, 2.05) is 24.3 Å². The molecule has 1 aliphatic heterocycles. The number of hydrogen-bond donors (Lipinski definition) is 2. The summed E-state index contributed by atoms with van der Waals surface area (Å²) in [6.07, 6.45) is 6.58. The Balaban J connectivity index is 1.44. The quantitative estimate of drug-likeness (QED) is 0.194. The summed E-state index contributed by atoms with van der Waals surface area (Å²) in [4.78, 5) is 18.7. The van der Waals surface area contributed by atoms with Gasteiger partial charge < -0.3 is 29.7 Å². The zero-order valence-corrected chi connectivity index (χ0v) is 27.6. The largest absolute Gasteiger partial charge is 0.494 e. The van der Waals surface area contributed by atoms with Crippen LogP contribution in [-0.4, -0.2) is 73.5 Å². The predicted molar refractivity (Wildman–Crippen MR) is 178 cm³/mol. The minimum atomic E-state index is -2.66. The van der Waals surface area contributed by atoms with Crippen molar-refractivity contribution in [3.8, 4) is 5.75 Å². The van der Waals surface area contributed by atoms with Crippen molar-refractivity contribution in [1.29, 1.82) is 0 Å². The van der Waals surface area contributed by atoms with Gasteiger partial charge in [0.25, 0.3) is 0 Å². The molecule has 0 amide bonds. The minimum absolute atomic E-state index is 0.409. The lowest BCUT2D eigenvalue weighted by atomic mass is 10.0. The molecule has 0 radical (unpaired) electrons. The van der Waals surface area contributed by atoms with E-state index in [2.05, 4.69) is 79.5 Å². The van der Waals surface area contributed by atoms with Gasteiger partial charge in [-0.1, -0.05) is 25.1 Å². The first-order valence-electron chi connectivity index (χ1n) is 14.2. The van der Waals surface area contributed by atoms with Crippen molar-refractivity contribution in [3.63, 3.8) is 0 Å². The Morgan fingerprint density at radius 1 is 1.07 bits per heavy atom. The number of anilines is 5. The SMILES string of the molecule is CCc1cc(Nc2ncc(Br)c(Nc3cnc4ccccc4c3P(C)(C)=O)n2)c(OC)cc1N1CCC(N(C)C)CC1. The number of aromatic nitrogens is 3. The molecule has 0 unspecified atom stereocenters. The van der Waals surface area contributed by atoms with Crippen molar-refractivity contribution in [1.82, 2.24) is 19.9 Å². The topological polar surface area (TPSA) is 95.5 Å². The van der Waals surface area contributed by atoms with Gasteiger partial charge in [0.15, 0.2) is 0 Å². The minimum Gasteiger partial charge on any atom is -0.494 e. The van der Waals surface area contributed by atoms with Crippen LogP contribution < -0.4 is 25.6 Å². The van der Waals surface area contributed by atoms with E-state index in [1.54, 1.807) is 32.8 Å². The zero-order valence-electron chi connectivity index (χ0n) is 25.1. The van der Waals surface area contributed by atoms with Gasteiger partial charge in [0.2, 0.25) is 5.95 Å². The number of ether oxygens (including phenoxy) is 1. The van der Waals surface area contributed by atoms with Crippen LogP contribution in [0.2, 0.25) is 0 Å². The highest BCUT2D eigenvalue weighted by atomic mass is 79.9. The first-order valence-corrected chi connectivity index (χ1v) is 17.6. The van der Waals surface area contributed by atoms with E-state index in [1.165, 1.54) is 11.3 Å². The van der Waals surface area contributed by atoms with Crippen molar-refractivity contribution in [3.05, 3.63) is 58.8 Å². The maximum absolute atomic E-state index is 13.4. The Morgan fingerprint density at radius 2 is 1.81 bits per heavy atom. The highest BCUT2D eigenvalue weighted by Crippen LogP contribution is 2.42. The molecular weight excluding hydrogens is 613 g/mol. The number of fused-ring (bicyclic) bond motifs is 1. The number of pyridine rings is 1. The monoisotopic (exact) mass is 651 g/mol. The molecule has 11 heteroatoms. The van der Waals surface area contributed by atoms with Gasteiger partial charge in [0.05, 0.1) is 34.7 Å². The molecule has 9 nitrogen and oxygen atoms in total. The fourth-order valence-corrected chi connectivity index (χ4v) is 7.40. The molecule has 4 aromatic rings. The van der Waals surface area contributed by atoms with Gasteiger partial charge in [-0.05, 0) is 80.3 Å². The van der Waals surface area contributed by atoms with E-state index < -0.39 is 7.14 Å². The van der Waals surface area contributed by atoms with Gasteiger partial charge in [-0.25, -0.2) is 4.98 Å². The van der Waals surface area contributed by atoms with Crippen LogP contribution >= 0.6 is 23.1 Å². The fourth-order valence-electron chi connectivity index (χ4n) is 5.64. The molecule has 0 saturated carbocycles. The number of para-hydroxylation sites is 1. The van der Waals surface area contributed by atoms with Crippen LogP contribution in [0.4, 0.5) is 28.8 Å². The second-order valence-electron chi connectivity index (χ2n) is 11.2. The number of hydrogen-bond acceptors (Lipinski definition) is 9. The molecule has 0 aliphatic carbocycles. The molecule has 1 aliphatic rings. The summed E-state index contributed by atoms with van der Waals surface area (Å²) in [5.41, 5.74) is 4.71. The lowest BCUT2D eigenvalue weighted by molar-refractivity contribution is 0.249. The van der Waals surface area contributed by atoms with Crippen LogP contribution in [0.5, 0.6) is 5.75 Å². The summed E-state index contributed by atoms with van der Waals surface area (Å²) in [7, 11) is 3.35. The average Bonchev–Trinajstić information content (AvgIpc) is 2.97. The van der Waals surface area contributed by atoms with Gasteiger partial charge in [-0.2, -0.15) is 4.98 Å². The summed E-state index contributed by atoms with van der Waals surface area (Å²) >= 11 is 3.58. The Morgan fingerprint density at radius 3 is 2.48 bits per heavy atom. The van der Waals surface area contributed by atoms with Crippen molar-refractivity contribution in [2.75, 3.05) is 63.2 Å². The van der Waals surface area contributed by atoms with Crippen molar-refractivity contribution < 1.29 is 9.30 Å². The van der Waals surface area contributed by atoms with E-state index in [9.17, 15) is 4.57 Å². The van der Waals surface area contributed by atoms with Gasteiger partial charge in [0.1, 0.15) is 18.7 Å². The summed E-state index contributed by atoms with van der Waals surface area (Å²) in [5, 5.41) is 8.35. The molecule has 42 heavy (non-hydrogen) atoms. The van der Waals surface area contributed by atoms with Gasteiger partial charge >= 0.3 is 0 Å². The fraction of sp³-hybridized carbons (Fsp3) is 0.387. The van der Waals surface area contributed by atoms with Gasteiger partial charge in [-0.3, -0.25) is 4.98 Å². The van der Waals surface area contributed by atoms with Crippen molar-refractivity contribution in [2.45, 2.75) is 32.2 Å². The smallest absolute Gasteiger partial charge is 0.229 e. The van der Waals surface area contributed by atoms with E-state index in [-0.39, 0.29) is 0 Å². The maximum atomic E-state index is 13.4. The molecule has 1 fully saturated rings. The standard InChI is InChI=1S/C31H39BrN7O2P/c1-7-20-16-25(28(41-4)17-27(20)39-14-12-21(13-15-39)38(2)3)36-31-34-18-23(32)30(37-31)35-26-19-33-24-11-9-8-10-22(24)29(26)42(5,6)40/h8-11,16-19,21H,7,12-15H2,1-6H3,(H2,34,35,36,37). The number of halogens is 1. The average molecular weight is 653 g/mol. The number of methoxy groups -OCH3 is 1. The molecule has 1 saturated heterocycles. The Hall–Kier alpha value is -3.20. The zero-order chi connectivity index (χ0) is 30.0. The van der Waals surface area contributed by atoms with Crippen molar-refractivity contribution in [2.24, 2.45) is 0 Å². The Kier molecular flexibility index (Phi) is 9.06. The van der Waals surface area contributed by atoms with Gasteiger partial charge in [-0.15, -0.1) is 0 Å². The lowest BCUT2D eigenvalue weighted by Crippen LogP contribution is -2.42. The third-order valence-electron chi connectivity index (χ3n) is 7.85. The first-order chi connectivity index (χ1) is 20.1. The summed E-state index contributed by atoms with van der Waals surface area (Å²) < 4.78 is 19.9. The molecule has 3 heterocycles. The number of nitrogens with one attached hydrogen (secondary N) is 2. The predicted octanol–water partition coefficient (Wildman–Crippen LogP) is 6.62. The lowest BCUT2D eigenvalue weighted by Gasteiger charge is -2.37. The number of nitrogens with zero attached hydrogens (tertiary/aromatic N) is 5. The van der Waals surface area contributed by atoms with E-state index in [0.717, 1.165) is 60.0 Å². The van der Waals surface area contributed by atoms with Gasteiger partial charge in [0, 0.05) is 47.8 Å². The number of benzene rings is 2. The molecule has 0 atom stereocenters. The van der Waals surface area contributed by atoms with Crippen LogP contribution in [0, 0.1) is 0 Å². The Bertz CT molecular complexity index is 1630. The Labute approximate surface area is 256 Å². The normalized spacial score (nSPS) is 14.4. The summed E-state index contributed by atoms with van der Waals surface area (Å²) in [6, 6.07) is 12.6. The highest BCUT2D eigenvalue weighted by Gasteiger charge is 2.24. The van der Waals surface area contributed by atoms with Crippen molar-refractivity contribution >= 4 is 68.1 Å². The maximum Gasteiger partial charge on any atom is 0.229 e. The molecule has 2 N–H and O–H groups in total. The van der Waals surface area contributed by atoms with Crippen LogP contribution in [0.1, 0.15) is 25.3 Å². The summed E-state index contributed by atoms with van der Waals surface area (Å²) in [6.45, 7) is 7.76. The van der Waals surface area contributed by atoms with Crippen LogP contribution in [0.25, 0.3) is 10.9 Å². The van der Waals surface area contributed by atoms with Crippen LogP contribution in [0.15, 0.2) is 53.3 Å². The second-order valence-corrected chi connectivity index (χ2v) is 15.2. The number of piperidine rings is 1. The molecule has 0 spiro atoms. The molecule has 2 aromatic carbocycles. The first kappa shape index (κ1) is 30.3. The molecule has 222 valence electrons. The van der Waals surface area contributed by atoms with Crippen LogP contribution in [-0.2, 0) is 11.0 Å². The summed E-state index contributed by atoms with van der Waals surface area (Å²) in [5.74, 6) is 1.68. The third kappa shape index (κ3) is 6.41. The van der Waals surface area contributed by atoms with E-state index >= 15 is 0 Å².